The number of benzene rings is 4. The van der Waals surface area contributed by atoms with Crippen molar-refractivity contribution in [2.75, 3.05) is 31.1 Å². The minimum Gasteiger partial charge on any atom is -0.456 e. The fourth-order valence-electron chi connectivity index (χ4n) is 5.99. The number of nitrogens with zero attached hydrogens (tertiary/aromatic N) is 2. The van der Waals surface area contributed by atoms with E-state index in [1.807, 2.05) is 64.1 Å². The van der Waals surface area contributed by atoms with E-state index in [1.54, 1.807) is 0 Å². The molecule has 5 rings (SSSR count). The Hall–Kier alpha value is -4.01. The molecule has 3 aromatic rings. The fraction of sp³-hybridized carbons (Fsp3) is 0.265. The lowest BCUT2D eigenvalue weighted by Crippen LogP contribution is -2.30. The molecule has 3 aromatic carbocycles. The van der Waals surface area contributed by atoms with Gasteiger partial charge in [0.2, 0.25) is 5.36 Å². The summed E-state index contributed by atoms with van der Waals surface area (Å²) in [6.45, 7) is 11.3. The molecule has 1 aliphatic heterocycles. The van der Waals surface area contributed by atoms with Crippen molar-refractivity contribution in [3.05, 3.63) is 89.8 Å². The molecular weight excluding hydrogens is 639 g/mol. The van der Waals surface area contributed by atoms with Crippen LogP contribution in [0.15, 0.2) is 93.1 Å². The Morgan fingerprint density at radius 3 is 2.15 bits per heavy atom. The van der Waals surface area contributed by atoms with Gasteiger partial charge in [0, 0.05) is 53.0 Å². The first kappa shape index (κ1) is 34.3. The van der Waals surface area contributed by atoms with Gasteiger partial charge in [0.1, 0.15) is 29.3 Å². The Bertz CT molecular complexity index is 2200. The standard InChI is InChI=1S/C34H37BN2O8S2/c1-5-36(6-2)25-12-15-28-31(19-25)45-32-20-26(37(7-3)8-4)13-16-29(32)34(28)30-17-14-27(21-33(30)47(42,43)44)46(40,41)22-23-10-9-11-24(18-23)35(38)39/h9-21,38-39H,5-8,22H2,1-4H3/p+1. The number of hydrogen-bond donors (Lipinski definition) is 3. The first-order chi connectivity index (χ1) is 22.3. The molecule has 0 bridgehead atoms. The maximum atomic E-state index is 13.5. The summed E-state index contributed by atoms with van der Waals surface area (Å²) in [6, 6.07) is 20.9. The van der Waals surface area contributed by atoms with E-state index in [4.69, 9.17) is 4.42 Å². The van der Waals surface area contributed by atoms with Gasteiger partial charge in [-0.05, 0) is 69.1 Å². The highest BCUT2D eigenvalue weighted by Crippen LogP contribution is 2.43. The number of hydrogen-bond acceptors (Lipinski definition) is 8. The highest BCUT2D eigenvalue weighted by molar-refractivity contribution is 7.90. The molecule has 10 nitrogen and oxygen atoms in total. The third-order valence-corrected chi connectivity index (χ3v) is 11.0. The lowest BCUT2D eigenvalue weighted by molar-refractivity contribution is 0.425. The van der Waals surface area contributed by atoms with Gasteiger partial charge in [-0.3, -0.25) is 4.55 Å². The summed E-state index contributed by atoms with van der Waals surface area (Å²) < 4.78 is 72.1. The van der Waals surface area contributed by atoms with Gasteiger partial charge < -0.3 is 19.4 Å². The largest absolute Gasteiger partial charge is 0.488 e. The van der Waals surface area contributed by atoms with Crippen molar-refractivity contribution in [2.45, 2.75) is 43.2 Å². The van der Waals surface area contributed by atoms with Crippen molar-refractivity contribution < 1.29 is 35.9 Å². The molecule has 13 heteroatoms. The molecule has 0 spiro atoms. The van der Waals surface area contributed by atoms with Crippen molar-refractivity contribution >= 4 is 49.2 Å². The van der Waals surface area contributed by atoms with Crippen LogP contribution in [0.1, 0.15) is 33.3 Å². The van der Waals surface area contributed by atoms with E-state index in [1.165, 1.54) is 36.4 Å². The van der Waals surface area contributed by atoms with Crippen LogP contribution >= 0.6 is 0 Å². The molecule has 3 N–H and O–H groups in total. The predicted molar refractivity (Wildman–Crippen MR) is 185 cm³/mol. The van der Waals surface area contributed by atoms with Crippen molar-refractivity contribution in [3.63, 3.8) is 0 Å². The summed E-state index contributed by atoms with van der Waals surface area (Å²) in [5, 5.41) is 20.5. The zero-order valence-electron chi connectivity index (χ0n) is 26.7. The minimum absolute atomic E-state index is 0.119. The predicted octanol–water partition coefficient (Wildman–Crippen LogP) is 3.76. The van der Waals surface area contributed by atoms with Crippen LogP contribution in [0.2, 0.25) is 0 Å². The van der Waals surface area contributed by atoms with Crippen molar-refractivity contribution in [1.82, 2.24) is 4.58 Å². The lowest BCUT2D eigenvalue weighted by Gasteiger charge is -2.22. The topological polar surface area (TPSA) is 148 Å². The highest BCUT2D eigenvalue weighted by atomic mass is 32.2. The minimum atomic E-state index is -4.93. The quantitative estimate of drug-likeness (QED) is 0.0823. The average Bonchev–Trinajstić information content (AvgIpc) is 3.04. The Balaban J connectivity index is 1.78. The Kier molecular flexibility index (Phi) is 9.95. The maximum absolute atomic E-state index is 13.5. The summed E-state index contributed by atoms with van der Waals surface area (Å²) in [6.07, 6.45) is 0. The summed E-state index contributed by atoms with van der Waals surface area (Å²) in [4.78, 5) is 1.28. The first-order valence-corrected chi connectivity index (χ1v) is 18.5. The van der Waals surface area contributed by atoms with Crippen LogP contribution in [0.3, 0.4) is 0 Å². The molecule has 0 aromatic heterocycles. The van der Waals surface area contributed by atoms with Crippen LogP contribution in [0.5, 0.6) is 0 Å². The summed E-state index contributed by atoms with van der Waals surface area (Å²) >= 11 is 0. The molecule has 0 amide bonds. The zero-order chi connectivity index (χ0) is 34.1. The van der Waals surface area contributed by atoms with Gasteiger partial charge in [-0.15, -0.1) is 0 Å². The Morgan fingerprint density at radius 2 is 1.51 bits per heavy atom. The van der Waals surface area contributed by atoms with E-state index in [9.17, 15) is 31.4 Å². The third-order valence-electron chi connectivity index (χ3n) is 8.41. The molecule has 0 saturated heterocycles. The highest BCUT2D eigenvalue weighted by Gasteiger charge is 2.27. The number of fused-ring (bicyclic) bond motifs is 2. The molecular formula is C34H38BN2O8S2+. The van der Waals surface area contributed by atoms with Gasteiger partial charge in [0.15, 0.2) is 9.84 Å². The Labute approximate surface area is 275 Å². The van der Waals surface area contributed by atoms with Crippen molar-refractivity contribution in [2.24, 2.45) is 0 Å². The summed E-state index contributed by atoms with van der Waals surface area (Å²) in [5.74, 6) is -0.0339. The van der Waals surface area contributed by atoms with Crippen LogP contribution in [-0.2, 0) is 25.7 Å². The number of sulfone groups is 1. The van der Waals surface area contributed by atoms with E-state index in [-0.39, 0.29) is 21.5 Å². The Morgan fingerprint density at radius 1 is 0.809 bits per heavy atom. The molecule has 1 aliphatic carbocycles. The van der Waals surface area contributed by atoms with E-state index in [0.29, 0.717) is 27.9 Å². The van der Waals surface area contributed by atoms with E-state index < -0.39 is 37.7 Å². The van der Waals surface area contributed by atoms with Crippen LogP contribution in [-0.4, -0.2) is 64.7 Å². The fourth-order valence-corrected chi connectivity index (χ4v) is 8.15. The summed E-state index contributed by atoms with van der Waals surface area (Å²) in [7, 11) is -10.8. The normalized spacial score (nSPS) is 12.1. The van der Waals surface area contributed by atoms with Gasteiger partial charge in [0.05, 0.1) is 16.7 Å². The third kappa shape index (κ3) is 7.00. The van der Waals surface area contributed by atoms with Gasteiger partial charge in [-0.25, -0.2) is 13.0 Å². The smallest absolute Gasteiger partial charge is 0.456 e. The monoisotopic (exact) mass is 677 g/mol. The maximum Gasteiger partial charge on any atom is 0.488 e. The molecule has 0 atom stereocenters. The molecule has 0 radical (unpaired) electrons. The zero-order valence-corrected chi connectivity index (χ0v) is 28.3. The van der Waals surface area contributed by atoms with Crippen LogP contribution in [0.25, 0.3) is 33.4 Å². The summed E-state index contributed by atoms with van der Waals surface area (Å²) in [5.41, 5.74) is 3.00. The number of rotatable bonds is 11. The molecule has 0 unspecified atom stereocenters. The van der Waals surface area contributed by atoms with E-state index >= 15 is 0 Å². The molecule has 47 heavy (non-hydrogen) atoms. The molecule has 246 valence electrons. The van der Waals surface area contributed by atoms with Gasteiger partial charge in [0.25, 0.3) is 10.1 Å². The molecule has 0 saturated carbocycles. The second kappa shape index (κ2) is 13.6. The van der Waals surface area contributed by atoms with Crippen molar-refractivity contribution in [3.8, 4) is 22.5 Å². The SMILES string of the molecule is CCN(CC)c1ccc2c(-c3ccc(S(=O)(=O)Cc4cccc(B(O)O)c4)cc3S(=O)(=O)O)c3ccc(=[N+](CC)CC)cc-3oc2c1. The average molecular weight is 678 g/mol. The molecule has 0 fully saturated rings. The van der Waals surface area contributed by atoms with Gasteiger partial charge in [-0.1, -0.05) is 30.3 Å². The van der Waals surface area contributed by atoms with Crippen LogP contribution < -0.4 is 20.3 Å². The second-order valence-electron chi connectivity index (χ2n) is 11.2. The number of anilines is 1. The van der Waals surface area contributed by atoms with E-state index in [0.717, 1.165) is 43.3 Å². The first-order valence-electron chi connectivity index (χ1n) is 15.4. The second-order valence-corrected chi connectivity index (χ2v) is 14.6. The molecule has 1 heterocycles. The molecule has 2 aliphatic rings. The van der Waals surface area contributed by atoms with Crippen LogP contribution in [0.4, 0.5) is 5.69 Å². The van der Waals surface area contributed by atoms with Crippen LogP contribution in [0, 0.1) is 0 Å². The van der Waals surface area contributed by atoms with E-state index in [2.05, 4.69) is 9.48 Å². The van der Waals surface area contributed by atoms with Gasteiger partial charge >= 0.3 is 7.12 Å². The van der Waals surface area contributed by atoms with Crippen molar-refractivity contribution in [1.29, 1.82) is 0 Å². The lowest BCUT2D eigenvalue weighted by atomic mass is 9.80. The van der Waals surface area contributed by atoms with Gasteiger partial charge in [-0.2, -0.15) is 8.42 Å².